The van der Waals surface area contributed by atoms with Gasteiger partial charge in [-0.1, -0.05) is 188 Å². The highest BCUT2D eigenvalue weighted by atomic mass is 15.2. The molecule has 0 amide bonds. The average molecular weight is 751 g/mol. The fourth-order valence-electron chi connectivity index (χ4n) is 11.8. The summed E-state index contributed by atoms with van der Waals surface area (Å²) in [5, 5.41) is 0. The summed E-state index contributed by atoms with van der Waals surface area (Å²) in [6, 6.07) is 76.9. The normalized spacial score (nSPS) is 16.4. The van der Waals surface area contributed by atoms with E-state index in [0.717, 1.165) is 17.9 Å². The van der Waals surface area contributed by atoms with E-state index in [2.05, 4.69) is 211 Å². The van der Waals surface area contributed by atoms with Gasteiger partial charge in [0.2, 0.25) is 0 Å². The van der Waals surface area contributed by atoms with Crippen molar-refractivity contribution in [2.75, 3.05) is 10.6 Å². The molecule has 276 valence electrons. The average Bonchev–Trinajstić information content (AvgIpc) is 3.88. The molecule has 0 aromatic heterocycles. The molecular formula is C57H38N2. The third-order valence-electron chi connectivity index (χ3n) is 13.9. The topological polar surface area (TPSA) is 29.3 Å². The van der Waals surface area contributed by atoms with E-state index in [0.29, 0.717) is 0 Å². The highest BCUT2D eigenvalue weighted by molar-refractivity contribution is 6.02. The molecule has 1 unspecified atom stereocenters. The van der Waals surface area contributed by atoms with Gasteiger partial charge in [0.15, 0.2) is 0 Å². The molecule has 3 aliphatic carbocycles. The third kappa shape index (κ3) is 4.01. The highest BCUT2D eigenvalue weighted by Gasteiger charge is 2.54. The number of rotatable bonds is 3. The molecule has 1 aliphatic heterocycles. The molecule has 0 saturated carbocycles. The summed E-state index contributed by atoms with van der Waals surface area (Å²) in [7, 11) is 0. The van der Waals surface area contributed by atoms with Crippen molar-refractivity contribution in [3.8, 4) is 44.5 Å². The lowest BCUT2D eigenvalue weighted by atomic mass is 9.64. The molecule has 1 atom stereocenters. The minimum Gasteiger partial charge on any atom is -0.397 e. The van der Waals surface area contributed by atoms with Gasteiger partial charge in [0, 0.05) is 12.2 Å². The molecule has 9 aromatic rings. The quantitative estimate of drug-likeness (QED) is 0.182. The lowest BCUT2D eigenvalue weighted by Crippen LogP contribution is -2.38. The third-order valence-corrected chi connectivity index (χ3v) is 13.9. The molecule has 9 aromatic carbocycles. The van der Waals surface area contributed by atoms with Crippen LogP contribution in [0.25, 0.3) is 44.5 Å². The number of benzene rings is 9. The fraction of sp³-hybridized carbons (Fsp3) is 0.0526. The molecule has 59 heavy (non-hydrogen) atoms. The Morgan fingerprint density at radius 3 is 1.51 bits per heavy atom. The summed E-state index contributed by atoms with van der Waals surface area (Å²) in [6.45, 7) is 0.717. The number of nitrogen functional groups attached to an aromatic ring is 1. The van der Waals surface area contributed by atoms with Crippen LogP contribution in [0.1, 0.15) is 50.1 Å². The molecule has 2 N–H and O–H groups in total. The van der Waals surface area contributed by atoms with Crippen LogP contribution >= 0.6 is 0 Å². The van der Waals surface area contributed by atoms with Crippen LogP contribution < -0.4 is 10.6 Å². The van der Waals surface area contributed by atoms with Crippen molar-refractivity contribution in [3.05, 3.63) is 256 Å². The molecule has 2 nitrogen and oxygen atoms in total. The second kappa shape index (κ2) is 11.8. The number of para-hydroxylation sites is 2. The van der Waals surface area contributed by atoms with E-state index in [9.17, 15) is 0 Å². The predicted molar refractivity (Wildman–Crippen MR) is 242 cm³/mol. The summed E-state index contributed by atoms with van der Waals surface area (Å²) in [5.41, 5.74) is 31.3. The van der Waals surface area contributed by atoms with Crippen molar-refractivity contribution in [1.29, 1.82) is 0 Å². The maximum absolute atomic E-state index is 7.13. The van der Waals surface area contributed by atoms with Gasteiger partial charge >= 0.3 is 0 Å². The van der Waals surface area contributed by atoms with Crippen LogP contribution in [0.5, 0.6) is 0 Å². The Kier molecular flexibility index (Phi) is 6.54. The summed E-state index contributed by atoms with van der Waals surface area (Å²) >= 11 is 0. The SMILES string of the molecule is Nc1cccc2c1N(Cc1ccccc1)c1ccccc1C21c2ccccc2-c2c(-c3ccc4c(c3)C3(c5ccccc5-c5ccccc53)c3ccccc3-4)cccc21. The van der Waals surface area contributed by atoms with Crippen LogP contribution in [0.15, 0.2) is 206 Å². The van der Waals surface area contributed by atoms with Crippen LogP contribution in [0.4, 0.5) is 17.1 Å². The van der Waals surface area contributed by atoms with Gasteiger partial charge in [-0.15, -0.1) is 0 Å². The van der Waals surface area contributed by atoms with Gasteiger partial charge in [0.05, 0.1) is 22.2 Å². The molecular weight excluding hydrogens is 713 g/mol. The number of hydrogen-bond donors (Lipinski definition) is 1. The fourth-order valence-corrected chi connectivity index (χ4v) is 11.8. The zero-order valence-corrected chi connectivity index (χ0v) is 32.4. The monoisotopic (exact) mass is 750 g/mol. The van der Waals surface area contributed by atoms with E-state index >= 15 is 0 Å². The van der Waals surface area contributed by atoms with Gasteiger partial charge in [-0.25, -0.2) is 0 Å². The van der Waals surface area contributed by atoms with Crippen molar-refractivity contribution in [2.45, 2.75) is 17.4 Å². The number of fused-ring (bicyclic) bond motifs is 19. The Morgan fingerprint density at radius 1 is 0.356 bits per heavy atom. The van der Waals surface area contributed by atoms with Crippen molar-refractivity contribution in [1.82, 2.24) is 0 Å². The summed E-state index contributed by atoms with van der Waals surface area (Å²) in [4.78, 5) is 2.44. The zero-order chi connectivity index (χ0) is 38.9. The molecule has 0 bridgehead atoms. The molecule has 1 heterocycles. The molecule has 4 aliphatic rings. The lowest BCUT2D eigenvalue weighted by molar-refractivity contribution is 0.735. The first kappa shape index (κ1) is 32.6. The molecule has 0 radical (unpaired) electrons. The minimum absolute atomic E-state index is 0.410. The van der Waals surface area contributed by atoms with Crippen molar-refractivity contribution in [3.63, 3.8) is 0 Å². The van der Waals surface area contributed by atoms with Gasteiger partial charge in [-0.05, 0) is 113 Å². The van der Waals surface area contributed by atoms with Crippen LogP contribution in [0.2, 0.25) is 0 Å². The van der Waals surface area contributed by atoms with E-state index in [1.54, 1.807) is 0 Å². The Morgan fingerprint density at radius 2 is 0.831 bits per heavy atom. The van der Waals surface area contributed by atoms with E-state index in [1.165, 1.54) is 100 Å². The van der Waals surface area contributed by atoms with Crippen LogP contribution in [0, 0.1) is 0 Å². The van der Waals surface area contributed by atoms with E-state index < -0.39 is 10.8 Å². The number of nitrogens with two attached hydrogens (primary N) is 1. The summed E-state index contributed by atoms with van der Waals surface area (Å²) < 4.78 is 0. The molecule has 0 fully saturated rings. The second-order valence-corrected chi connectivity index (χ2v) is 16.5. The van der Waals surface area contributed by atoms with Crippen LogP contribution in [0.3, 0.4) is 0 Å². The largest absolute Gasteiger partial charge is 0.397 e. The van der Waals surface area contributed by atoms with Crippen LogP contribution in [-0.2, 0) is 17.4 Å². The van der Waals surface area contributed by atoms with Crippen molar-refractivity contribution >= 4 is 17.1 Å². The van der Waals surface area contributed by atoms with Crippen molar-refractivity contribution < 1.29 is 0 Å². The maximum atomic E-state index is 7.13. The minimum atomic E-state index is -0.575. The van der Waals surface area contributed by atoms with Gasteiger partial charge < -0.3 is 10.6 Å². The smallest absolute Gasteiger partial charge is 0.0755 e. The molecule has 0 saturated heterocycles. The van der Waals surface area contributed by atoms with Gasteiger partial charge in [-0.3, -0.25) is 0 Å². The Balaban J connectivity index is 1.08. The van der Waals surface area contributed by atoms with Gasteiger partial charge in [0.25, 0.3) is 0 Å². The first-order valence-corrected chi connectivity index (χ1v) is 20.7. The Hall–Kier alpha value is -7.42. The van der Waals surface area contributed by atoms with E-state index in [-0.39, 0.29) is 0 Å². The molecule has 13 rings (SSSR count). The number of hydrogen-bond acceptors (Lipinski definition) is 2. The second-order valence-electron chi connectivity index (χ2n) is 16.5. The lowest BCUT2D eigenvalue weighted by Gasteiger charge is -2.45. The maximum Gasteiger partial charge on any atom is 0.0755 e. The summed E-state index contributed by atoms with van der Waals surface area (Å²) in [5.74, 6) is 0. The molecule has 2 spiro atoms. The zero-order valence-electron chi connectivity index (χ0n) is 32.4. The first-order chi connectivity index (χ1) is 29.2. The number of anilines is 3. The van der Waals surface area contributed by atoms with Crippen LogP contribution in [-0.4, -0.2) is 0 Å². The van der Waals surface area contributed by atoms with E-state index in [1.807, 2.05) is 0 Å². The van der Waals surface area contributed by atoms with Gasteiger partial charge in [0.1, 0.15) is 0 Å². The van der Waals surface area contributed by atoms with Crippen molar-refractivity contribution in [2.24, 2.45) is 0 Å². The van der Waals surface area contributed by atoms with E-state index in [4.69, 9.17) is 5.73 Å². The Labute approximate surface area is 344 Å². The van der Waals surface area contributed by atoms with Gasteiger partial charge in [-0.2, -0.15) is 0 Å². The summed E-state index contributed by atoms with van der Waals surface area (Å²) in [6.07, 6.45) is 0. The number of nitrogens with zero attached hydrogens (tertiary/aromatic N) is 1. The first-order valence-electron chi connectivity index (χ1n) is 20.7. The predicted octanol–water partition coefficient (Wildman–Crippen LogP) is 13.3. The standard InChI is InChI=1S/C57H38N2/c58-52-30-15-29-50-55(52)59(35-36-16-2-1-3-17-36)53-31-13-12-27-48(53)57(50)47-26-11-7-21-43(47)54-38(22-14-28-49(54)57)37-32-33-42-41-20-6-10-25-46(41)56(51(42)34-37)44-23-8-4-18-39(44)40-19-5-9-24-45(40)56/h1-34H,35,58H2. The molecule has 2 heteroatoms. The highest BCUT2D eigenvalue weighted by Crippen LogP contribution is 2.66. The Bertz CT molecular complexity index is 3170.